The van der Waals surface area contributed by atoms with Gasteiger partial charge in [-0.2, -0.15) is 4.31 Å². The molecule has 1 fully saturated rings. The minimum atomic E-state index is -3.51. The first kappa shape index (κ1) is 23.6. The summed E-state index contributed by atoms with van der Waals surface area (Å²) >= 11 is 1.57. The summed E-state index contributed by atoms with van der Waals surface area (Å²) in [7, 11) is -3.51. The Hall–Kier alpha value is -2.07. The highest BCUT2D eigenvalue weighted by Gasteiger charge is 2.26. The molecule has 31 heavy (non-hydrogen) atoms. The lowest BCUT2D eigenvalue weighted by molar-refractivity contribution is -0.118. The van der Waals surface area contributed by atoms with Gasteiger partial charge in [-0.3, -0.25) is 4.79 Å². The first-order valence-corrected chi connectivity index (χ1v) is 12.8. The number of amides is 1. The topological polar surface area (TPSA) is 84.9 Å². The van der Waals surface area contributed by atoms with Gasteiger partial charge in [-0.25, -0.2) is 8.42 Å². The first-order valence-electron chi connectivity index (χ1n) is 10.2. The van der Waals surface area contributed by atoms with Crippen LogP contribution in [0.2, 0.25) is 0 Å². The van der Waals surface area contributed by atoms with E-state index in [2.05, 4.69) is 29.6 Å². The highest BCUT2D eigenvalue weighted by atomic mass is 32.2. The number of nitrogens with zero attached hydrogens (tertiary/aromatic N) is 1. The van der Waals surface area contributed by atoms with Gasteiger partial charge in [-0.05, 0) is 36.8 Å². The number of sulfonamides is 1. The Morgan fingerprint density at radius 2 is 1.77 bits per heavy atom. The maximum Gasteiger partial charge on any atom is 0.243 e. The van der Waals surface area contributed by atoms with Crippen molar-refractivity contribution in [1.29, 1.82) is 0 Å². The Balaban J connectivity index is 1.34. The molecule has 2 aromatic carbocycles. The fourth-order valence-electron chi connectivity index (χ4n) is 3.00. The Labute approximate surface area is 188 Å². The second kappa shape index (κ2) is 11.5. The predicted molar refractivity (Wildman–Crippen MR) is 122 cm³/mol. The monoisotopic (exact) mass is 464 g/mol. The van der Waals surface area contributed by atoms with Crippen molar-refractivity contribution >= 4 is 27.7 Å². The van der Waals surface area contributed by atoms with Crippen molar-refractivity contribution in [3.63, 3.8) is 0 Å². The Bertz CT molecular complexity index is 941. The number of nitrogens with one attached hydrogen (secondary N) is 1. The van der Waals surface area contributed by atoms with Gasteiger partial charge in [-0.15, -0.1) is 11.8 Å². The van der Waals surface area contributed by atoms with E-state index in [4.69, 9.17) is 9.47 Å². The number of ether oxygens (including phenoxy) is 2. The van der Waals surface area contributed by atoms with E-state index in [-0.39, 0.29) is 10.8 Å². The quantitative estimate of drug-likeness (QED) is 0.544. The average Bonchev–Trinajstić information content (AvgIpc) is 2.79. The van der Waals surface area contributed by atoms with E-state index in [0.29, 0.717) is 51.0 Å². The van der Waals surface area contributed by atoms with E-state index in [1.165, 1.54) is 15.4 Å². The summed E-state index contributed by atoms with van der Waals surface area (Å²) in [5, 5.41) is 2.83. The number of morpholine rings is 1. The Morgan fingerprint density at radius 1 is 1.10 bits per heavy atom. The number of benzene rings is 2. The number of carbonyl (C=O) groups is 1. The predicted octanol–water partition coefficient (Wildman–Crippen LogP) is 2.44. The molecule has 9 heteroatoms. The van der Waals surface area contributed by atoms with Crippen molar-refractivity contribution in [1.82, 2.24) is 9.62 Å². The van der Waals surface area contributed by atoms with E-state index >= 15 is 0 Å². The molecular formula is C22H28N2O5S2. The zero-order valence-corrected chi connectivity index (χ0v) is 19.2. The van der Waals surface area contributed by atoms with Crippen molar-refractivity contribution in [3.05, 3.63) is 59.7 Å². The molecule has 1 saturated heterocycles. The minimum absolute atomic E-state index is 0.0346. The van der Waals surface area contributed by atoms with E-state index < -0.39 is 10.0 Å². The molecule has 0 aliphatic carbocycles. The molecular weight excluding hydrogens is 436 g/mol. The van der Waals surface area contributed by atoms with Gasteiger partial charge in [0.05, 0.1) is 30.4 Å². The lowest BCUT2D eigenvalue weighted by atomic mass is 10.2. The van der Waals surface area contributed by atoms with Crippen LogP contribution in [-0.2, 0) is 25.3 Å². The SMILES string of the molecule is Cc1ccc(CSCC(=O)NCCOc2ccc(S(=O)(=O)N3CCOCC3)cc2)cc1. The van der Waals surface area contributed by atoms with Crippen LogP contribution in [0.3, 0.4) is 0 Å². The van der Waals surface area contributed by atoms with Gasteiger partial charge in [0, 0.05) is 18.8 Å². The summed E-state index contributed by atoms with van der Waals surface area (Å²) in [6.45, 7) is 4.30. The van der Waals surface area contributed by atoms with E-state index in [9.17, 15) is 13.2 Å². The third kappa shape index (κ3) is 7.24. The molecule has 2 aromatic rings. The maximum atomic E-state index is 12.6. The molecule has 1 aliphatic rings. The van der Waals surface area contributed by atoms with E-state index in [1.54, 1.807) is 36.0 Å². The Kier molecular flexibility index (Phi) is 8.77. The van der Waals surface area contributed by atoms with Crippen LogP contribution in [-0.4, -0.2) is 63.8 Å². The van der Waals surface area contributed by atoms with Gasteiger partial charge >= 0.3 is 0 Å². The first-order chi connectivity index (χ1) is 14.9. The Morgan fingerprint density at radius 3 is 2.45 bits per heavy atom. The second-order valence-corrected chi connectivity index (χ2v) is 10.1. The third-order valence-corrected chi connectivity index (χ3v) is 7.66. The molecule has 0 aromatic heterocycles. The highest BCUT2D eigenvalue weighted by Crippen LogP contribution is 2.20. The summed E-state index contributed by atoms with van der Waals surface area (Å²) < 4.78 is 37.5. The average molecular weight is 465 g/mol. The van der Waals surface area contributed by atoms with Gasteiger partial charge in [0.25, 0.3) is 0 Å². The summed E-state index contributed by atoms with van der Waals surface area (Å²) in [4.78, 5) is 12.2. The molecule has 1 aliphatic heterocycles. The lowest BCUT2D eigenvalue weighted by Crippen LogP contribution is -2.40. The van der Waals surface area contributed by atoms with Gasteiger partial charge in [0.15, 0.2) is 0 Å². The summed E-state index contributed by atoms with van der Waals surface area (Å²) in [6, 6.07) is 14.6. The zero-order valence-electron chi connectivity index (χ0n) is 17.6. The number of hydrogen-bond acceptors (Lipinski definition) is 6. The molecule has 0 radical (unpaired) electrons. The molecule has 7 nitrogen and oxygen atoms in total. The number of carbonyl (C=O) groups excluding carboxylic acids is 1. The number of thioether (sulfide) groups is 1. The van der Waals surface area contributed by atoms with Crippen LogP contribution in [0.5, 0.6) is 5.75 Å². The largest absolute Gasteiger partial charge is 0.492 e. The minimum Gasteiger partial charge on any atom is -0.492 e. The van der Waals surface area contributed by atoms with Crippen LogP contribution in [0.4, 0.5) is 0 Å². The summed E-state index contributed by atoms with van der Waals surface area (Å²) in [5.41, 5.74) is 2.42. The number of hydrogen-bond donors (Lipinski definition) is 1. The molecule has 168 valence electrons. The summed E-state index contributed by atoms with van der Waals surface area (Å²) in [6.07, 6.45) is 0. The van der Waals surface area contributed by atoms with Crippen molar-refractivity contribution < 1.29 is 22.7 Å². The third-order valence-electron chi connectivity index (χ3n) is 4.75. The number of aryl methyl sites for hydroxylation is 1. The van der Waals surface area contributed by atoms with Gasteiger partial charge in [-0.1, -0.05) is 29.8 Å². The smallest absolute Gasteiger partial charge is 0.243 e. The zero-order chi connectivity index (χ0) is 22.1. The molecule has 1 N–H and O–H groups in total. The number of rotatable bonds is 10. The molecule has 3 rings (SSSR count). The molecule has 0 bridgehead atoms. The van der Waals surface area contributed by atoms with Crippen molar-refractivity contribution in [2.45, 2.75) is 17.6 Å². The second-order valence-electron chi connectivity index (χ2n) is 7.16. The van der Waals surface area contributed by atoms with E-state index in [0.717, 1.165) is 5.75 Å². The normalized spacial score (nSPS) is 14.9. The van der Waals surface area contributed by atoms with Gasteiger partial charge < -0.3 is 14.8 Å². The van der Waals surface area contributed by atoms with Crippen molar-refractivity contribution in [3.8, 4) is 5.75 Å². The summed E-state index contributed by atoms with van der Waals surface area (Å²) in [5.74, 6) is 1.71. The molecule has 0 saturated carbocycles. The van der Waals surface area contributed by atoms with Crippen LogP contribution in [0.25, 0.3) is 0 Å². The standard InChI is InChI=1S/C22H28N2O5S2/c1-18-2-4-19(5-3-18)16-30-17-22(25)23-10-13-29-20-6-8-21(9-7-20)31(26,27)24-11-14-28-15-12-24/h2-9H,10-17H2,1H3,(H,23,25). The molecule has 1 amide bonds. The van der Waals surface area contributed by atoms with Crippen LogP contribution < -0.4 is 10.1 Å². The van der Waals surface area contributed by atoms with Gasteiger partial charge in [0.1, 0.15) is 12.4 Å². The highest BCUT2D eigenvalue weighted by molar-refractivity contribution is 7.99. The lowest BCUT2D eigenvalue weighted by Gasteiger charge is -2.26. The van der Waals surface area contributed by atoms with Crippen molar-refractivity contribution in [2.24, 2.45) is 0 Å². The van der Waals surface area contributed by atoms with Gasteiger partial charge in [0.2, 0.25) is 15.9 Å². The fourth-order valence-corrected chi connectivity index (χ4v) is 5.23. The molecule has 0 spiro atoms. The fraction of sp³-hybridized carbons (Fsp3) is 0.409. The van der Waals surface area contributed by atoms with Crippen LogP contribution in [0.15, 0.2) is 53.4 Å². The van der Waals surface area contributed by atoms with Crippen LogP contribution in [0, 0.1) is 6.92 Å². The maximum absolute atomic E-state index is 12.6. The molecule has 0 unspecified atom stereocenters. The van der Waals surface area contributed by atoms with Crippen molar-refractivity contribution in [2.75, 3.05) is 45.2 Å². The van der Waals surface area contributed by atoms with Crippen LogP contribution in [0.1, 0.15) is 11.1 Å². The van der Waals surface area contributed by atoms with E-state index in [1.807, 2.05) is 6.92 Å². The molecule has 0 atom stereocenters. The van der Waals surface area contributed by atoms with Crippen LogP contribution >= 0.6 is 11.8 Å². The molecule has 1 heterocycles.